The Labute approximate surface area is 143 Å². The van der Waals surface area contributed by atoms with E-state index >= 15 is 0 Å². The van der Waals surface area contributed by atoms with Gasteiger partial charge in [-0.15, -0.1) is 11.3 Å². The molecule has 2 amide bonds. The number of benzene rings is 2. The van der Waals surface area contributed by atoms with Crippen LogP contribution in [-0.2, 0) is 0 Å². The van der Waals surface area contributed by atoms with Gasteiger partial charge < -0.3 is 10.6 Å². The second-order valence-corrected chi connectivity index (χ2v) is 6.17. The van der Waals surface area contributed by atoms with Gasteiger partial charge in [-0.2, -0.15) is 0 Å². The lowest BCUT2D eigenvalue weighted by atomic mass is 10.1. The lowest BCUT2D eigenvalue weighted by molar-refractivity contribution is 0.250. The number of aromatic nitrogens is 1. The summed E-state index contributed by atoms with van der Waals surface area (Å²) in [6, 6.07) is 13.3. The van der Waals surface area contributed by atoms with Crippen LogP contribution in [0.1, 0.15) is 22.2 Å². The number of amides is 2. The maximum Gasteiger partial charge on any atom is 0.320 e. The van der Waals surface area contributed by atoms with Gasteiger partial charge >= 0.3 is 6.03 Å². The molecule has 2 N–H and O–H groups in total. The second-order valence-electron chi connectivity index (χ2n) is 5.24. The first-order valence-corrected chi connectivity index (χ1v) is 8.30. The Hall–Kier alpha value is -2.73. The Morgan fingerprint density at radius 3 is 2.62 bits per heavy atom. The maximum atomic E-state index is 13.9. The van der Waals surface area contributed by atoms with E-state index in [1.165, 1.54) is 17.4 Å². The Kier molecular flexibility index (Phi) is 4.86. The zero-order valence-corrected chi connectivity index (χ0v) is 13.8. The molecule has 6 heteroatoms. The molecule has 2 aromatic carbocycles. The average Bonchev–Trinajstić information content (AvgIpc) is 3.11. The van der Waals surface area contributed by atoms with Gasteiger partial charge in [0.05, 0.1) is 5.69 Å². The van der Waals surface area contributed by atoms with E-state index in [4.69, 9.17) is 0 Å². The first-order chi connectivity index (χ1) is 11.6. The van der Waals surface area contributed by atoms with E-state index in [2.05, 4.69) is 15.6 Å². The fraction of sp³-hybridized carbons (Fsp3) is 0.111. The summed E-state index contributed by atoms with van der Waals surface area (Å²) in [7, 11) is 0. The summed E-state index contributed by atoms with van der Waals surface area (Å²) in [6.07, 6.45) is 1.69. The molecular weight excluding hydrogens is 325 g/mol. The molecule has 0 aliphatic heterocycles. The summed E-state index contributed by atoms with van der Waals surface area (Å²) in [4.78, 5) is 16.7. The van der Waals surface area contributed by atoms with E-state index in [1.807, 2.05) is 35.7 Å². The summed E-state index contributed by atoms with van der Waals surface area (Å²) in [5.41, 5.74) is 1.75. The van der Waals surface area contributed by atoms with Gasteiger partial charge in [0.25, 0.3) is 0 Å². The Morgan fingerprint density at radius 1 is 1.17 bits per heavy atom. The molecule has 122 valence electrons. The van der Waals surface area contributed by atoms with E-state index in [0.29, 0.717) is 5.56 Å². The standard InChI is InChI=1S/C18H16FN3OS/c1-12-6-5-9-14(19)15(12)21-18(23)22-16(17-20-10-11-24-17)13-7-3-2-4-8-13/h2-11,16H,1H3,(H2,21,22,23). The predicted octanol–water partition coefficient (Wildman–Crippen LogP) is 4.50. The van der Waals surface area contributed by atoms with E-state index in [9.17, 15) is 9.18 Å². The summed E-state index contributed by atoms with van der Waals surface area (Å²) >= 11 is 1.45. The third-order valence-electron chi connectivity index (χ3n) is 3.57. The van der Waals surface area contributed by atoms with Crippen LogP contribution in [0.25, 0.3) is 0 Å². The molecule has 1 atom stereocenters. The SMILES string of the molecule is Cc1cccc(F)c1NC(=O)NC(c1ccccc1)c1nccs1. The molecule has 0 saturated heterocycles. The van der Waals surface area contributed by atoms with Gasteiger partial charge in [0.2, 0.25) is 0 Å². The summed E-state index contributed by atoms with van der Waals surface area (Å²) in [6.45, 7) is 1.74. The van der Waals surface area contributed by atoms with Crippen LogP contribution in [0.5, 0.6) is 0 Å². The number of carbonyl (C=O) groups excluding carboxylic acids is 1. The number of nitrogens with zero attached hydrogens (tertiary/aromatic N) is 1. The van der Waals surface area contributed by atoms with Gasteiger partial charge in [0, 0.05) is 11.6 Å². The number of hydrogen-bond donors (Lipinski definition) is 2. The molecule has 1 unspecified atom stereocenters. The molecule has 3 aromatic rings. The van der Waals surface area contributed by atoms with E-state index in [-0.39, 0.29) is 5.69 Å². The van der Waals surface area contributed by atoms with E-state index < -0.39 is 17.9 Å². The number of urea groups is 1. The zero-order valence-electron chi connectivity index (χ0n) is 13.0. The van der Waals surface area contributed by atoms with Crippen molar-refractivity contribution in [3.8, 4) is 0 Å². The highest BCUT2D eigenvalue weighted by atomic mass is 32.1. The molecule has 24 heavy (non-hydrogen) atoms. The topological polar surface area (TPSA) is 54.0 Å². The first-order valence-electron chi connectivity index (χ1n) is 7.42. The highest BCUT2D eigenvalue weighted by Gasteiger charge is 2.20. The number of rotatable bonds is 4. The smallest absolute Gasteiger partial charge is 0.320 e. The monoisotopic (exact) mass is 341 g/mol. The van der Waals surface area contributed by atoms with Crippen molar-refractivity contribution in [2.24, 2.45) is 0 Å². The molecular formula is C18H16FN3OS. The largest absolute Gasteiger partial charge is 0.324 e. The van der Waals surface area contributed by atoms with Crippen LogP contribution >= 0.6 is 11.3 Å². The minimum absolute atomic E-state index is 0.181. The number of thiazole rings is 1. The third-order valence-corrected chi connectivity index (χ3v) is 4.41. The van der Waals surface area contributed by atoms with Gasteiger partial charge in [-0.25, -0.2) is 14.2 Å². The number of nitrogens with one attached hydrogen (secondary N) is 2. The van der Waals surface area contributed by atoms with Gasteiger partial charge in [-0.05, 0) is 24.1 Å². The number of carbonyl (C=O) groups is 1. The first kappa shape index (κ1) is 16.1. The summed E-state index contributed by atoms with van der Waals surface area (Å²) in [5, 5.41) is 8.08. The molecule has 0 saturated carbocycles. The molecule has 1 aromatic heterocycles. The lowest BCUT2D eigenvalue weighted by Crippen LogP contribution is -2.33. The lowest BCUT2D eigenvalue weighted by Gasteiger charge is -2.18. The van der Waals surface area contributed by atoms with Crippen LogP contribution in [0.4, 0.5) is 14.9 Å². The van der Waals surface area contributed by atoms with Crippen molar-refractivity contribution in [3.63, 3.8) is 0 Å². The molecule has 0 aliphatic rings. The number of para-hydroxylation sites is 1. The van der Waals surface area contributed by atoms with Crippen LogP contribution in [-0.4, -0.2) is 11.0 Å². The van der Waals surface area contributed by atoms with Crippen LogP contribution in [0.2, 0.25) is 0 Å². The molecule has 1 heterocycles. The predicted molar refractivity (Wildman–Crippen MR) is 93.7 cm³/mol. The highest BCUT2D eigenvalue weighted by molar-refractivity contribution is 7.09. The molecule has 0 radical (unpaired) electrons. The Bertz CT molecular complexity index is 801. The number of hydrogen-bond acceptors (Lipinski definition) is 3. The maximum absolute atomic E-state index is 13.9. The van der Waals surface area contributed by atoms with Crippen molar-refractivity contribution in [2.75, 3.05) is 5.32 Å². The van der Waals surface area contributed by atoms with Crippen molar-refractivity contribution in [1.82, 2.24) is 10.3 Å². The van der Waals surface area contributed by atoms with Crippen molar-refractivity contribution < 1.29 is 9.18 Å². The van der Waals surface area contributed by atoms with Crippen LogP contribution in [0, 0.1) is 12.7 Å². The van der Waals surface area contributed by atoms with Gasteiger partial charge in [0.1, 0.15) is 16.9 Å². The van der Waals surface area contributed by atoms with Gasteiger partial charge in [-0.3, -0.25) is 0 Å². The molecule has 3 rings (SSSR count). The molecule has 4 nitrogen and oxygen atoms in total. The Morgan fingerprint density at radius 2 is 1.96 bits per heavy atom. The molecule has 0 bridgehead atoms. The van der Waals surface area contributed by atoms with Crippen LogP contribution in [0.15, 0.2) is 60.1 Å². The normalized spacial score (nSPS) is 11.8. The highest BCUT2D eigenvalue weighted by Crippen LogP contribution is 2.24. The average molecular weight is 341 g/mol. The number of anilines is 1. The van der Waals surface area contributed by atoms with Gasteiger partial charge in [0.15, 0.2) is 0 Å². The summed E-state index contributed by atoms with van der Waals surface area (Å²) in [5.74, 6) is -0.462. The fourth-order valence-corrected chi connectivity index (χ4v) is 3.10. The minimum atomic E-state index is -0.479. The van der Waals surface area contributed by atoms with Crippen molar-refractivity contribution in [1.29, 1.82) is 0 Å². The summed E-state index contributed by atoms with van der Waals surface area (Å²) < 4.78 is 13.9. The molecule has 0 fully saturated rings. The van der Waals surface area contributed by atoms with Crippen molar-refractivity contribution >= 4 is 23.1 Å². The third kappa shape index (κ3) is 3.60. The molecule has 0 spiro atoms. The van der Waals surface area contributed by atoms with E-state index in [1.54, 1.807) is 25.3 Å². The molecule has 0 aliphatic carbocycles. The van der Waals surface area contributed by atoms with Crippen molar-refractivity contribution in [2.45, 2.75) is 13.0 Å². The zero-order chi connectivity index (χ0) is 16.9. The van der Waals surface area contributed by atoms with E-state index in [0.717, 1.165) is 10.6 Å². The Balaban J connectivity index is 1.82. The quantitative estimate of drug-likeness (QED) is 0.734. The van der Waals surface area contributed by atoms with Crippen LogP contribution in [0.3, 0.4) is 0 Å². The van der Waals surface area contributed by atoms with Gasteiger partial charge in [-0.1, -0.05) is 42.5 Å². The van der Waals surface area contributed by atoms with Crippen molar-refractivity contribution in [3.05, 3.63) is 82.1 Å². The minimum Gasteiger partial charge on any atom is -0.324 e. The number of aryl methyl sites for hydroxylation is 1. The fourth-order valence-electron chi connectivity index (χ4n) is 2.38. The second kappa shape index (κ2) is 7.23. The van der Waals surface area contributed by atoms with Crippen LogP contribution < -0.4 is 10.6 Å². The number of halogens is 1.